The standard InChI is InChI=1S/C15H19N3O3S3/c1-9-10(2)23-15-13(9)14(16-8-17-15)22-5-3-12(19)18-11-4-6-24(20,21)7-11/h8,11H,3-7H2,1-2H3,(H,18,19)/t11-/m0/s1. The van der Waals surface area contributed by atoms with E-state index in [2.05, 4.69) is 29.1 Å². The first-order valence-corrected chi connectivity index (χ1v) is 11.3. The zero-order valence-electron chi connectivity index (χ0n) is 13.5. The van der Waals surface area contributed by atoms with Crippen molar-refractivity contribution in [3.05, 3.63) is 16.8 Å². The van der Waals surface area contributed by atoms with Crippen molar-refractivity contribution >= 4 is 49.1 Å². The summed E-state index contributed by atoms with van der Waals surface area (Å²) in [4.78, 5) is 22.8. The van der Waals surface area contributed by atoms with Crippen molar-refractivity contribution in [1.29, 1.82) is 0 Å². The van der Waals surface area contributed by atoms with E-state index < -0.39 is 9.84 Å². The van der Waals surface area contributed by atoms with E-state index >= 15 is 0 Å². The van der Waals surface area contributed by atoms with E-state index in [1.54, 1.807) is 17.7 Å². The fraction of sp³-hybridized carbons (Fsp3) is 0.533. The molecule has 1 atom stereocenters. The van der Waals surface area contributed by atoms with Gasteiger partial charge in [0.1, 0.15) is 16.2 Å². The Balaban J connectivity index is 1.56. The SMILES string of the molecule is Cc1sc2ncnc(SCCC(=O)N[C@H]3CCS(=O)(=O)C3)c2c1C. The Kier molecular flexibility index (Phi) is 5.12. The minimum atomic E-state index is -2.97. The van der Waals surface area contributed by atoms with Crippen LogP contribution >= 0.6 is 23.1 Å². The molecule has 1 aliphatic rings. The molecule has 130 valence electrons. The molecule has 6 nitrogen and oxygen atoms in total. The third-order valence-corrected chi connectivity index (χ3v) is 7.97. The molecule has 3 heterocycles. The van der Waals surface area contributed by atoms with Crippen molar-refractivity contribution in [3.63, 3.8) is 0 Å². The maximum Gasteiger partial charge on any atom is 0.221 e. The van der Waals surface area contributed by atoms with Crippen LogP contribution in [0.25, 0.3) is 10.2 Å². The summed E-state index contributed by atoms with van der Waals surface area (Å²) in [5.41, 5.74) is 1.19. The second kappa shape index (κ2) is 6.97. The van der Waals surface area contributed by atoms with E-state index in [1.165, 1.54) is 22.2 Å². The first-order valence-electron chi connectivity index (χ1n) is 7.69. The van der Waals surface area contributed by atoms with Crippen molar-refractivity contribution in [3.8, 4) is 0 Å². The molecule has 1 amide bonds. The number of nitrogens with zero attached hydrogens (tertiary/aromatic N) is 2. The molecule has 2 aromatic rings. The van der Waals surface area contributed by atoms with Gasteiger partial charge in [0.25, 0.3) is 0 Å². The summed E-state index contributed by atoms with van der Waals surface area (Å²) in [7, 11) is -2.97. The van der Waals surface area contributed by atoms with E-state index in [-0.39, 0.29) is 23.5 Å². The Morgan fingerprint density at radius 1 is 1.42 bits per heavy atom. The van der Waals surface area contributed by atoms with Gasteiger partial charge in [-0.2, -0.15) is 0 Å². The Labute approximate surface area is 149 Å². The van der Waals surface area contributed by atoms with Crippen molar-refractivity contribution in [2.75, 3.05) is 17.3 Å². The van der Waals surface area contributed by atoms with Gasteiger partial charge in [0.15, 0.2) is 9.84 Å². The zero-order valence-corrected chi connectivity index (χ0v) is 16.0. The van der Waals surface area contributed by atoms with Gasteiger partial charge in [0.05, 0.1) is 11.5 Å². The Hall–Kier alpha value is -1.19. The lowest BCUT2D eigenvalue weighted by atomic mass is 10.2. The van der Waals surface area contributed by atoms with Gasteiger partial charge in [0, 0.05) is 28.5 Å². The average molecular weight is 386 g/mol. The van der Waals surface area contributed by atoms with E-state index in [9.17, 15) is 13.2 Å². The molecule has 1 N–H and O–H groups in total. The quantitative estimate of drug-likeness (QED) is 0.626. The van der Waals surface area contributed by atoms with Crippen LogP contribution in [-0.4, -0.2) is 47.6 Å². The highest BCUT2D eigenvalue weighted by atomic mass is 32.2. The van der Waals surface area contributed by atoms with Crippen LogP contribution in [0, 0.1) is 13.8 Å². The molecule has 1 aliphatic heterocycles. The van der Waals surface area contributed by atoms with Gasteiger partial charge in [-0.3, -0.25) is 4.79 Å². The lowest BCUT2D eigenvalue weighted by molar-refractivity contribution is -0.121. The highest BCUT2D eigenvalue weighted by Crippen LogP contribution is 2.34. The first kappa shape index (κ1) is 17.6. The number of amides is 1. The molecular weight excluding hydrogens is 366 g/mol. The molecule has 1 fully saturated rings. The minimum absolute atomic E-state index is 0.0613. The lowest BCUT2D eigenvalue weighted by Gasteiger charge is -2.10. The smallest absolute Gasteiger partial charge is 0.221 e. The fourth-order valence-corrected chi connectivity index (χ4v) is 6.44. The molecule has 2 aromatic heterocycles. The number of aromatic nitrogens is 2. The number of nitrogens with one attached hydrogen (secondary N) is 1. The normalized spacial score (nSPS) is 19.7. The van der Waals surface area contributed by atoms with Crippen molar-refractivity contribution in [1.82, 2.24) is 15.3 Å². The monoisotopic (exact) mass is 385 g/mol. The Morgan fingerprint density at radius 2 is 2.21 bits per heavy atom. The molecule has 0 spiro atoms. The van der Waals surface area contributed by atoms with E-state index in [0.29, 0.717) is 18.6 Å². The molecular formula is C15H19N3O3S3. The predicted molar refractivity (Wildman–Crippen MR) is 97.4 cm³/mol. The maximum atomic E-state index is 12.0. The van der Waals surface area contributed by atoms with E-state index in [1.807, 2.05) is 0 Å². The van der Waals surface area contributed by atoms with Crippen LogP contribution in [0.3, 0.4) is 0 Å². The summed E-state index contributed by atoms with van der Waals surface area (Å²) < 4.78 is 22.8. The molecule has 9 heteroatoms. The molecule has 0 aromatic carbocycles. The molecule has 0 unspecified atom stereocenters. The largest absolute Gasteiger partial charge is 0.352 e. The summed E-state index contributed by atoms with van der Waals surface area (Å²) in [5.74, 6) is 0.730. The zero-order chi connectivity index (χ0) is 17.3. The van der Waals surface area contributed by atoms with Crippen LogP contribution in [0.15, 0.2) is 11.4 Å². The number of carbonyl (C=O) groups excluding carboxylic acids is 1. The second-order valence-corrected chi connectivity index (χ2v) is 10.4. The van der Waals surface area contributed by atoms with E-state index in [0.717, 1.165) is 15.2 Å². The van der Waals surface area contributed by atoms with Gasteiger partial charge < -0.3 is 5.32 Å². The van der Waals surface area contributed by atoms with E-state index in [4.69, 9.17) is 0 Å². The number of fused-ring (bicyclic) bond motifs is 1. The van der Waals surface area contributed by atoms with Gasteiger partial charge in [-0.05, 0) is 25.8 Å². The number of aryl methyl sites for hydroxylation is 2. The number of hydrogen-bond donors (Lipinski definition) is 1. The fourth-order valence-electron chi connectivity index (χ4n) is 2.71. The Morgan fingerprint density at radius 3 is 2.92 bits per heavy atom. The van der Waals surface area contributed by atoms with Crippen LogP contribution < -0.4 is 5.32 Å². The van der Waals surface area contributed by atoms with Gasteiger partial charge in [-0.1, -0.05) is 0 Å². The van der Waals surface area contributed by atoms with Crippen LogP contribution in [0.5, 0.6) is 0 Å². The topological polar surface area (TPSA) is 89.0 Å². The van der Waals surface area contributed by atoms with Crippen LogP contribution in [0.4, 0.5) is 0 Å². The molecule has 0 saturated carbocycles. The summed E-state index contributed by atoms with van der Waals surface area (Å²) in [6.07, 6.45) is 2.42. The lowest BCUT2D eigenvalue weighted by Crippen LogP contribution is -2.35. The summed E-state index contributed by atoms with van der Waals surface area (Å²) in [5, 5.41) is 4.79. The third kappa shape index (κ3) is 3.89. The predicted octanol–water partition coefficient (Wildman–Crippen LogP) is 2.09. The first-order chi connectivity index (χ1) is 11.4. The number of thiophene rings is 1. The second-order valence-electron chi connectivity index (χ2n) is 5.91. The molecule has 24 heavy (non-hydrogen) atoms. The third-order valence-electron chi connectivity index (χ3n) is 4.10. The summed E-state index contributed by atoms with van der Waals surface area (Å²) >= 11 is 3.19. The Bertz CT molecular complexity index is 877. The number of carbonyl (C=O) groups is 1. The van der Waals surface area contributed by atoms with Crippen LogP contribution in [0.2, 0.25) is 0 Å². The molecule has 0 bridgehead atoms. The number of rotatable bonds is 5. The highest BCUT2D eigenvalue weighted by Gasteiger charge is 2.28. The van der Waals surface area contributed by atoms with Gasteiger partial charge in [-0.15, -0.1) is 23.1 Å². The van der Waals surface area contributed by atoms with Gasteiger partial charge in [-0.25, -0.2) is 18.4 Å². The van der Waals surface area contributed by atoms with Gasteiger partial charge in [0.2, 0.25) is 5.91 Å². The number of hydrogen-bond acceptors (Lipinski definition) is 7. The highest BCUT2D eigenvalue weighted by molar-refractivity contribution is 7.99. The molecule has 1 saturated heterocycles. The van der Waals surface area contributed by atoms with Crippen molar-refractivity contribution in [2.24, 2.45) is 0 Å². The van der Waals surface area contributed by atoms with Crippen molar-refractivity contribution in [2.45, 2.75) is 37.8 Å². The number of thioether (sulfide) groups is 1. The molecule has 0 aliphatic carbocycles. The molecule has 0 radical (unpaired) electrons. The van der Waals surface area contributed by atoms with Crippen molar-refractivity contribution < 1.29 is 13.2 Å². The minimum Gasteiger partial charge on any atom is -0.352 e. The summed E-state index contributed by atoms with van der Waals surface area (Å²) in [6.45, 7) is 4.13. The van der Waals surface area contributed by atoms with Gasteiger partial charge >= 0.3 is 0 Å². The maximum absolute atomic E-state index is 12.0. The van der Waals surface area contributed by atoms with Crippen LogP contribution in [-0.2, 0) is 14.6 Å². The van der Waals surface area contributed by atoms with Crippen LogP contribution in [0.1, 0.15) is 23.3 Å². The molecule has 3 rings (SSSR count). The number of sulfone groups is 1. The average Bonchev–Trinajstić information content (AvgIpc) is 2.99. The summed E-state index contributed by atoms with van der Waals surface area (Å²) in [6, 6.07) is -0.236.